The third-order valence-corrected chi connectivity index (χ3v) is 8.00. The molecule has 4 atom stereocenters. The summed E-state index contributed by atoms with van der Waals surface area (Å²) in [6.07, 6.45) is -5.93. The number of esters is 4. The van der Waals surface area contributed by atoms with E-state index < -0.39 is 67.8 Å². The molecule has 10 nitrogen and oxygen atoms in total. The number of ether oxygens (including phenoxy) is 6. The van der Waals surface area contributed by atoms with Gasteiger partial charge >= 0.3 is 23.9 Å². The van der Waals surface area contributed by atoms with Crippen molar-refractivity contribution in [1.82, 2.24) is 0 Å². The Labute approximate surface area is 294 Å². The van der Waals surface area contributed by atoms with E-state index in [0.717, 1.165) is 0 Å². The molecule has 0 radical (unpaired) electrons. The van der Waals surface area contributed by atoms with Crippen LogP contribution >= 0.6 is 0 Å². The molecule has 0 amide bonds. The van der Waals surface area contributed by atoms with E-state index in [0.29, 0.717) is 5.56 Å². The summed E-state index contributed by atoms with van der Waals surface area (Å²) in [5, 5.41) is 0. The van der Waals surface area contributed by atoms with Crippen LogP contribution < -0.4 is 0 Å². The first-order chi connectivity index (χ1) is 25.0. The Balaban J connectivity index is 1.34. The van der Waals surface area contributed by atoms with Gasteiger partial charge in [0.25, 0.3) is 0 Å². The van der Waals surface area contributed by atoms with Gasteiger partial charge in [0.15, 0.2) is 18.5 Å². The summed E-state index contributed by atoms with van der Waals surface area (Å²) >= 11 is 0. The predicted molar refractivity (Wildman–Crippen MR) is 184 cm³/mol. The summed E-state index contributed by atoms with van der Waals surface area (Å²) in [6.45, 7) is -0.886. The number of hydrogen-bond acceptors (Lipinski definition) is 10. The first-order valence-electron chi connectivity index (χ1n) is 16.3. The first kappa shape index (κ1) is 34.8. The molecule has 5 aromatic rings. The summed E-state index contributed by atoms with van der Waals surface area (Å²) in [7, 11) is 0. The zero-order chi connectivity index (χ0) is 35.4. The highest BCUT2D eigenvalue weighted by atomic mass is 16.8. The van der Waals surface area contributed by atoms with Crippen LogP contribution in [0.25, 0.3) is 0 Å². The molecule has 0 spiro atoms. The average Bonchev–Trinajstić information content (AvgIpc) is 3.64. The van der Waals surface area contributed by atoms with Crippen molar-refractivity contribution in [2.75, 3.05) is 13.2 Å². The van der Waals surface area contributed by atoms with Gasteiger partial charge < -0.3 is 28.4 Å². The first-order valence-corrected chi connectivity index (χ1v) is 16.3. The van der Waals surface area contributed by atoms with E-state index in [-0.39, 0.29) is 22.3 Å². The van der Waals surface area contributed by atoms with Gasteiger partial charge in [-0.25, -0.2) is 19.2 Å². The Hall–Kier alpha value is -6.10. The minimum absolute atomic E-state index is 0.246. The van der Waals surface area contributed by atoms with E-state index in [4.69, 9.17) is 28.4 Å². The fraction of sp³-hybridized carbons (Fsp3) is 0.171. The quantitative estimate of drug-likeness (QED) is 0.0985. The van der Waals surface area contributed by atoms with Crippen LogP contribution in [-0.4, -0.2) is 61.5 Å². The van der Waals surface area contributed by atoms with E-state index >= 15 is 0 Å². The van der Waals surface area contributed by atoms with Crippen molar-refractivity contribution in [1.29, 1.82) is 0 Å². The van der Waals surface area contributed by atoms with Crippen LogP contribution in [0.15, 0.2) is 152 Å². The van der Waals surface area contributed by atoms with Gasteiger partial charge in [0.1, 0.15) is 25.4 Å². The fourth-order valence-corrected chi connectivity index (χ4v) is 5.42. The Morgan fingerprint density at radius 2 is 0.725 bits per heavy atom. The van der Waals surface area contributed by atoms with Crippen LogP contribution in [-0.2, 0) is 28.4 Å². The van der Waals surface area contributed by atoms with Crippen molar-refractivity contribution < 1.29 is 47.6 Å². The molecule has 0 bridgehead atoms. The Morgan fingerprint density at radius 1 is 0.431 bits per heavy atom. The lowest BCUT2D eigenvalue weighted by Crippen LogP contribution is -2.49. The van der Waals surface area contributed by atoms with E-state index in [1.807, 2.05) is 6.07 Å². The molecule has 1 fully saturated rings. The molecule has 0 aliphatic carbocycles. The molecular formula is C41H34O10. The Bertz CT molecular complexity index is 1770. The van der Waals surface area contributed by atoms with Gasteiger partial charge in [-0.3, -0.25) is 0 Å². The third kappa shape index (κ3) is 9.13. The van der Waals surface area contributed by atoms with Crippen molar-refractivity contribution in [2.24, 2.45) is 0 Å². The normalized spacial score (nSPS) is 17.8. The van der Waals surface area contributed by atoms with Crippen molar-refractivity contribution in [3.8, 4) is 0 Å². The van der Waals surface area contributed by atoms with Crippen LogP contribution in [0, 0.1) is 0 Å². The van der Waals surface area contributed by atoms with Crippen LogP contribution in [0.4, 0.5) is 0 Å². The highest BCUT2D eigenvalue weighted by molar-refractivity contribution is 5.91. The molecule has 6 rings (SSSR count). The molecule has 0 aromatic heterocycles. The number of rotatable bonds is 13. The van der Waals surface area contributed by atoms with Crippen molar-refractivity contribution in [3.05, 3.63) is 179 Å². The van der Waals surface area contributed by atoms with Crippen LogP contribution in [0.3, 0.4) is 0 Å². The highest BCUT2D eigenvalue weighted by Crippen LogP contribution is 2.37. The molecule has 258 valence electrons. The molecule has 0 saturated carbocycles. The molecular weight excluding hydrogens is 652 g/mol. The van der Waals surface area contributed by atoms with Gasteiger partial charge in [-0.1, -0.05) is 103 Å². The maximum absolute atomic E-state index is 13.5. The minimum Gasteiger partial charge on any atom is -0.458 e. The zero-order valence-corrected chi connectivity index (χ0v) is 27.3. The highest BCUT2D eigenvalue weighted by Gasteiger charge is 2.49. The van der Waals surface area contributed by atoms with Crippen molar-refractivity contribution >= 4 is 23.9 Å². The average molecular weight is 687 g/mol. The van der Waals surface area contributed by atoms with Gasteiger partial charge in [-0.05, 0) is 48.5 Å². The van der Waals surface area contributed by atoms with E-state index in [9.17, 15) is 19.2 Å². The molecule has 0 N–H and O–H groups in total. The summed E-state index contributed by atoms with van der Waals surface area (Å²) in [4.78, 5) is 53.1. The summed E-state index contributed by atoms with van der Waals surface area (Å²) in [6, 6.07) is 42.3. The van der Waals surface area contributed by atoms with Crippen molar-refractivity contribution in [3.63, 3.8) is 0 Å². The van der Waals surface area contributed by atoms with Gasteiger partial charge in [-0.2, -0.15) is 0 Å². The topological polar surface area (TPSA) is 124 Å². The number of carbonyl (C=O) groups is 4. The second kappa shape index (κ2) is 17.0. The maximum atomic E-state index is 13.5. The third-order valence-electron chi connectivity index (χ3n) is 8.00. The van der Waals surface area contributed by atoms with Gasteiger partial charge in [-0.15, -0.1) is 0 Å². The monoisotopic (exact) mass is 686 g/mol. The second-order valence-electron chi connectivity index (χ2n) is 11.5. The molecule has 10 heteroatoms. The molecule has 5 aromatic carbocycles. The van der Waals surface area contributed by atoms with Crippen molar-refractivity contribution in [2.45, 2.75) is 30.7 Å². The summed E-state index contributed by atoms with van der Waals surface area (Å²) < 4.78 is 36.2. The fourth-order valence-electron chi connectivity index (χ4n) is 5.42. The van der Waals surface area contributed by atoms with E-state index in [2.05, 4.69) is 0 Å². The van der Waals surface area contributed by atoms with Gasteiger partial charge in [0.05, 0.1) is 22.3 Å². The van der Waals surface area contributed by atoms with Crippen LogP contribution in [0.1, 0.15) is 53.3 Å². The van der Waals surface area contributed by atoms with Gasteiger partial charge in [0, 0.05) is 5.56 Å². The van der Waals surface area contributed by atoms with Crippen LogP contribution in [0.5, 0.6) is 0 Å². The SMILES string of the molecule is O=C(OCC(OC(=O)c1ccccc1)C1OC(c2ccccc2)OC1C(COC(=O)c1ccccc1)OC(=O)c1ccccc1)c1ccccc1. The lowest BCUT2D eigenvalue weighted by molar-refractivity contribution is -0.0997. The van der Waals surface area contributed by atoms with Gasteiger partial charge in [0.2, 0.25) is 0 Å². The molecule has 51 heavy (non-hydrogen) atoms. The molecule has 4 unspecified atom stereocenters. The maximum Gasteiger partial charge on any atom is 0.338 e. The number of carbonyl (C=O) groups excluding carboxylic acids is 4. The standard InChI is InChI=1S/C41H34O10/c42-37(28-16-6-1-7-17-28)46-26-33(48-39(44)30-20-10-3-11-21-30)35-36(51-41(50-35)32-24-14-5-15-25-32)34(49-40(45)31-22-12-4-13-23-31)27-47-38(43)29-18-8-2-9-19-29/h1-25,33-36,41H,26-27H2. The Kier molecular flexibility index (Phi) is 11.6. The molecule has 1 aliphatic heterocycles. The zero-order valence-electron chi connectivity index (χ0n) is 27.3. The number of hydrogen-bond donors (Lipinski definition) is 0. The lowest BCUT2D eigenvalue weighted by Gasteiger charge is -2.30. The largest absolute Gasteiger partial charge is 0.458 e. The summed E-state index contributed by atoms with van der Waals surface area (Å²) in [5.41, 5.74) is 1.69. The molecule has 1 aliphatic rings. The minimum atomic E-state index is -1.27. The summed E-state index contributed by atoms with van der Waals surface area (Å²) in [5.74, 6) is -2.74. The lowest BCUT2D eigenvalue weighted by atomic mass is 10.0. The molecule has 1 heterocycles. The van der Waals surface area contributed by atoms with E-state index in [1.54, 1.807) is 146 Å². The predicted octanol–water partition coefficient (Wildman–Crippen LogP) is 6.63. The van der Waals surface area contributed by atoms with Crippen LogP contribution in [0.2, 0.25) is 0 Å². The molecule has 1 saturated heterocycles. The number of benzene rings is 5. The van der Waals surface area contributed by atoms with E-state index in [1.165, 1.54) is 0 Å². The smallest absolute Gasteiger partial charge is 0.338 e. The second-order valence-corrected chi connectivity index (χ2v) is 11.5. The Morgan fingerprint density at radius 3 is 1.06 bits per heavy atom.